The molecule has 0 aromatic heterocycles. The van der Waals surface area contributed by atoms with Crippen LogP contribution in [-0.4, -0.2) is 60.4 Å². The van der Waals surface area contributed by atoms with Crippen molar-refractivity contribution in [2.24, 2.45) is 22.7 Å². The van der Waals surface area contributed by atoms with Gasteiger partial charge in [-0.3, -0.25) is 14.4 Å². The smallest absolute Gasteiger partial charge is 0.313 e. The number of ketones is 1. The maximum Gasteiger partial charge on any atom is 0.313 e. The van der Waals surface area contributed by atoms with E-state index >= 15 is 4.39 Å². The number of aliphatic carboxylic acids is 2. The summed E-state index contributed by atoms with van der Waals surface area (Å²) in [6.45, 7) is 3.74. The number of halogens is 1. The van der Waals surface area contributed by atoms with Crippen molar-refractivity contribution in [1.82, 2.24) is 0 Å². The predicted molar refractivity (Wildman–Crippen MR) is 121 cm³/mol. The lowest BCUT2D eigenvalue weighted by molar-refractivity contribution is -0.189. The molecule has 0 radical (unpaired) electrons. The highest BCUT2D eigenvalue weighted by atomic mass is 32.2. The molecule has 0 aromatic rings. The highest BCUT2D eigenvalue weighted by molar-refractivity contribution is 8.18. The molecular weight excluding hydrogens is 455 g/mol. The zero-order chi connectivity index (χ0) is 23.5. The molecule has 176 valence electrons. The molecule has 32 heavy (non-hydrogen) atoms. The molecule has 3 saturated carbocycles. The first kappa shape index (κ1) is 23.8. The van der Waals surface area contributed by atoms with Crippen LogP contribution < -0.4 is 0 Å². The number of carboxylic acids is 2. The maximum atomic E-state index is 17.1. The minimum absolute atomic E-state index is 0.120. The lowest BCUT2D eigenvalue weighted by Gasteiger charge is -2.63. The van der Waals surface area contributed by atoms with Crippen molar-refractivity contribution in [3.8, 4) is 0 Å². The number of carbonyl (C=O) groups is 3. The van der Waals surface area contributed by atoms with E-state index in [2.05, 4.69) is 0 Å². The fraction of sp³-hybridized carbons (Fsp3) is 0.696. The van der Waals surface area contributed by atoms with Crippen LogP contribution in [0.4, 0.5) is 4.39 Å². The highest BCUT2D eigenvalue weighted by Gasteiger charge is 2.73. The van der Waals surface area contributed by atoms with E-state index < -0.39 is 44.5 Å². The summed E-state index contributed by atoms with van der Waals surface area (Å²) in [5, 5.41) is 30.0. The van der Waals surface area contributed by atoms with Crippen molar-refractivity contribution in [3.05, 3.63) is 23.8 Å². The minimum Gasteiger partial charge on any atom is -0.481 e. The van der Waals surface area contributed by atoms with E-state index in [1.807, 2.05) is 6.92 Å². The van der Waals surface area contributed by atoms with Crippen molar-refractivity contribution < 1.29 is 34.1 Å². The SMILES string of the molecule is C[C@]12C[C@H](O)[C@@]3(F)[C@@H](CCC4=CC(=O)C=C[C@@]43C)[C@@H]1CCC2(SCC(=O)O)SCC(=O)O. The van der Waals surface area contributed by atoms with Crippen molar-refractivity contribution in [2.75, 3.05) is 11.5 Å². The van der Waals surface area contributed by atoms with Crippen LogP contribution >= 0.6 is 23.5 Å². The Morgan fingerprint density at radius 3 is 2.34 bits per heavy atom. The highest BCUT2D eigenvalue weighted by Crippen LogP contribution is 2.73. The number of fused-ring (bicyclic) bond motifs is 5. The normalized spacial score (nSPS) is 41.9. The summed E-state index contributed by atoms with van der Waals surface area (Å²) < 4.78 is 16.4. The Morgan fingerprint density at radius 1 is 1.12 bits per heavy atom. The third-order valence-electron chi connectivity index (χ3n) is 8.54. The summed E-state index contributed by atoms with van der Waals surface area (Å²) in [6.07, 6.45) is 5.60. The van der Waals surface area contributed by atoms with Gasteiger partial charge in [-0.1, -0.05) is 18.6 Å². The third kappa shape index (κ3) is 3.21. The summed E-state index contributed by atoms with van der Waals surface area (Å²) in [7, 11) is 0. The van der Waals surface area contributed by atoms with Gasteiger partial charge in [0.15, 0.2) is 11.5 Å². The number of aliphatic hydroxyl groups is 1. The molecule has 0 heterocycles. The van der Waals surface area contributed by atoms with Gasteiger partial charge in [0, 0.05) is 11.3 Å². The van der Waals surface area contributed by atoms with E-state index in [1.165, 1.54) is 35.7 Å². The van der Waals surface area contributed by atoms with Crippen molar-refractivity contribution in [2.45, 2.75) is 61.8 Å². The second-order valence-corrected chi connectivity index (χ2v) is 12.7. The first-order chi connectivity index (χ1) is 14.9. The first-order valence-electron chi connectivity index (χ1n) is 10.9. The number of alkyl halides is 1. The number of carboxylic acid groups (broad SMARTS) is 2. The lowest BCUT2D eigenvalue weighted by atomic mass is 9.46. The van der Waals surface area contributed by atoms with Crippen LogP contribution in [0.2, 0.25) is 0 Å². The molecule has 0 bridgehead atoms. The van der Waals surface area contributed by atoms with Gasteiger partial charge in [0.2, 0.25) is 0 Å². The second kappa shape index (κ2) is 7.87. The topological polar surface area (TPSA) is 112 Å². The van der Waals surface area contributed by atoms with E-state index in [0.717, 1.165) is 5.57 Å². The molecule has 6 nitrogen and oxygen atoms in total. The van der Waals surface area contributed by atoms with Gasteiger partial charge in [-0.15, -0.1) is 23.5 Å². The molecule has 6 atom stereocenters. The van der Waals surface area contributed by atoms with Crippen LogP contribution in [-0.2, 0) is 14.4 Å². The van der Waals surface area contributed by atoms with Gasteiger partial charge in [0.1, 0.15) is 0 Å². The van der Waals surface area contributed by atoms with Crippen LogP contribution in [0.25, 0.3) is 0 Å². The van der Waals surface area contributed by atoms with Crippen molar-refractivity contribution in [1.29, 1.82) is 0 Å². The number of hydrogen-bond donors (Lipinski definition) is 3. The molecule has 9 heteroatoms. The number of thioether (sulfide) groups is 2. The average Bonchev–Trinajstić information content (AvgIpc) is 2.99. The number of carbonyl (C=O) groups excluding carboxylic acids is 1. The molecule has 0 saturated heterocycles. The van der Waals surface area contributed by atoms with Gasteiger partial charge in [-0.2, -0.15) is 0 Å². The van der Waals surface area contributed by atoms with Gasteiger partial charge in [0.25, 0.3) is 0 Å². The molecule has 3 N–H and O–H groups in total. The van der Waals surface area contributed by atoms with E-state index in [1.54, 1.807) is 13.0 Å². The Bertz CT molecular complexity index is 900. The number of rotatable bonds is 6. The molecular formula is C23H29FO6S2. The minimum atomic E-state index is -1.94. The second-order valence-electron chi connectivity index (χ2n) is 9.92. The zero-order valence-electron chi connectivity index (χ0n) is 18.2. The Hall–Kier alpha value is -1.32. The standard InChI is InChI=1S/C23H29FO6S2/c1-20-7-5-14(25)9-13(20)3-4-16-15-6-8-22(31-11-18(27)28,32-12-19(29)30)21(15,2)10-17(26)23(16,20)24/h5,7,9,15-17,26H,3-4,6,8,10-12H2,1-2H3,(H,27,28)(H,29,30)/t15-,16-,17-,20-,21-,23-/m0/s1. The summed E-state index contributed by atoms with van der Waals surface area (Å²) in [5.41, 5.74) is -2.92. The molecule has 4 rings (SSSR count). The number of aliphatic hydroxyl groups excluding tert-OH is 1. The molecule has 0 aliphatic heterocycles. The largest absolute Gasteiger partial charge is 0.481 e. The maximum absolute atomic E-state index is 17.1. The fourth-order valence-corrected chi connectivity index (χ4v) is 10.1. The molecule has 4 aliphatic carbocycles. The van der Waals surface area contributed by atoms with Crippen LogP contribution in [0.3, 0.4) is 0 Å². The summed E-state index contributed by atoms with van der Waals surface area (Å²) in [6, 6.07) is 0. The molecule has 0 aromatic carbocycles. The summed E-state index contributed by atoms with van der Waals surface area (Å²) >= 11 is 2.45. The molecule has 0 spiro atoms. The van der Waals surface area contributed by atoms with Crippen molar-refractivity contribution in [3.63, 3.8) is 0 Å². The van der Waals surface area contributed by atoms with E-state index in [9.17, 15) is 29.7 Å². The summed E-state index contributed by atoms with van der Waals surface area (Å²) in [4.78, 5) is 34.7. The van der Waals surface area contributed by atoms with E-state index in [0.29, 0.717) is 25.7 Å². The quantitative estimate of drug-likeness (QED) is 0.490. The number of allylic oxidation sites excluding steroid dienone is 4. The van der Waals surface area contributed by atoms with Gasteiger partial charge in [0.05, 0.1) is 21.7 Å². The molecule has 0 unspecified atom stereocenters. The van der Waals surface area contributed by atoms with E-state index in [4.69, 9.17) is 0 Å². The molecule has 4 aliphatic rings. The van der Waals surface area contributed by atoms with Crippen LogP contribution in [0.15, 0.2) is 23.8 Å². The fourth-order valence-electron chi connectivity index (χ4n) is 7.03. The zero-order valence-corrected chi connectivity index (χ0v) is 19.8. The average molecular weight is 485 g/mol. The van der Waals surface area contributed by atoms with Gasteiger partial charge < -0.3 is 15.3 Å². The van der Waals surface area contributed by atoms with E-state index in [-0.39, 0.29) is 29.6 Å². The Labute approximate surface area is 195 Å². The summed E-state index contributed by atoms with van der Waals surface area (Å²) in [5.74, 6) is -3.06. The molecule has 3 fully saturated rings. The number of hydrogen-bond acceptors (Lipinski definition) is 6. The lowest BCUT2D eigenvalue weighted by Crippen LogP contribution is -2.67. The van der Waals surface area contributed by atoms with Crippen LogP contribution in [0.1, 0.15) is 46.0 Å². The van der Waals surface area contributed by atoms with Crippen LogP contribution in [0.5, 0.6) is 0 Å². The van der Waals surface area contributed by atoms with Gasteiger partial charge in [-0.05, 0) is 62.5 Å². The first-order valence-corrected chi connectivity index (χ1v) is 12.9. The third-order valence-corrected chi connectivity index (χ3v) is 12.3. The predicted octanol–water partition coefficient (Wildman–Crippen LogP) is 3.69. The Kier molecular flexibility index (Phi) is 5.86. The Balaban J connectivity index is 1.75. The van der Waals surface area contributed by atoms with Crippen LogP contribution in [0, 0.1) is 22.7 Å². The van der Waals surface area contributed by atoms with Gasteiger partial charge >= 0.3 is 11.9 Å². The van der Waals surface area contributed by atoms with Gasteiger partial charge in [-0.25, -0.2) is 4.39 Å². The molecule has 0 amide bonds. The monoisotopic (exact) mass is 484 g/mol. The Morgan fingerprint density at radius 2 is 1.75 bits per heavy atom. The van der Waals surface area contributed by atoms with Crippen molar-refractivity contribution >= 4 is 41.2 Å².